The lowest BCUT2D eigenvalue weighted by Crippen LogP contribution is -2.07. The smallest absolute Gasteiger partial charge is 0.344 e. The minimum atomic E-state index is -0.506. The molecule has 0 saturated heterocycles. The number of ether oxygens (including phenoxy) is 2. The van der Waals surface area contributed by atoms with Gasteiger partial charge in [-0.25, -0.2) is 9.18 Å². The van der Waals surface area contributed by atoms with E-state index in [2.05, 4.69) is 0 Å². The van der Waals surface area contributed by atoms with Crippen LogP contribution in [0.1, 0.15) is 5.56 Å². The molecule has 0 saturated carbocycles. The Labute approximate surface area is 132 Å². The number of aryl methyl sites for hydroxylation is 1. The molecule has 0 fully saturated rings. The van der Waals surface area contributed by atoms with E-state index in [-0.39, 0.29) is 5.75 Å². The van der Waals surface area contributed by atoms with Gasteiger partial charge < -0.3 is 13.9 Å². The molecule has 1 heterocycles. The van der Waals surface area contributed by atoms with Crippen LogP contribution in [-0.4, -0.2) is 14.2 Å². The summed E-state index contributed by atoms with van der Waals surface area (Å²) >= 11 is 0. The van der Waals surface area contributed by atoms with Crippen LogP contribution in [0.3, 0.4) is 0 Å². The predicted octanol–water partition coefficient (Wildman–Crippen LogP) is 3.92. The van der Waals surface area contributed by atoms with Gasteiger partial charge in [0.15, 0.2) is 0 Å². The van der Waals surface area contributed by atoms with Crippen molar-refractivity contribution < 1.29 is 18.3 Å². The van der Waals surface area contributed by atoms with Crippen molar-refractivity contribution in [2.24, 2.45) is 0 Å². The number of rotatable bonds is 3. The number of fused-ring (bicyclic) bond motifs is 1. The summed E-state index contributed by atoms with van der Waals surface area (Å²) in [5.74, 6) is 0.457. The summed E-state index contributed by atoms with van der Waals surface area (Å²) in [5.41, 5.74) is 1.53. The second-order valence-corrected chi connectivity index (χ2v) is 5.10. The van der Waals surface area contributed by atoms with Gasteiger partial charge in [-0.3, -0.25) is 0 Å². The molecule has 23 heavy (non-hydrogen) atoms. The van der Waals surface area contributed by atoms with Crippen LogP contribution in [-0.2, 0) is 0 Å². The van der Waals surface area contributed by atoms with Gasteiger partial charge in [-0.05, 0) is 36.8 Å². The summed E-state index contributed by atoms with van der Waals surface area (Å²) < 4.78 is 29.1. The van der Waals surface area contributed by atoms with Gasteiger partial charge in [0.25, 0.3) is 0 Å². The molecule has 0 aliphatic carbocycles. The van der Waals surface area contributed by atoms with E-state index in [1.165, 1.54) is 25.3 Å². The van der Waals surface area contributed by atoms with Crippen LogP contribution in [0, 0.1) is 12.7 Å². The Balaban J connectivity index is 2.33. The highest BCUT2D eigenvalue weighted by Gasteiger charge is 2.17. The monoisotopic (exact) mass is 314 g/mol. The van der Waals surface area contributed by atoms with Gasteiger partial charge in [-0.1, -0.05) is 0 Å². The Morgan fingerprint density at radius 3 is 2.52 bits per heavy atom. The van der Waals surface area contributed by atoms with Gasteiger partial charge in [-0.2, -0.15) is 0 Å². The molecule has 3 rings (SSSR count). The summed E-state index contributed by atoms with van der Waals surface area (Å²) in [6.45, 7) is 1.82. The highest BCUT2D eigenvalue weighted by Crippen LogP contribution is 2.34. The van der Waals surface area contributed by atoms with Crippen molar-refractivity contribution in [1.82, 2.24) is 0 Å². The number of benzene rings is 2. The Bertz CT molecular complexity index is 944. The van der Waals surface area contributed by atoms with E-state index in [9.17, 15) is 9.18 Å². The molecule has 3 aromatic rings. The van der Waals surface area contributed by atoms with E-state index < -0.39 is 11.4 Å². The first-order chi connectivity index (χ1) is 11.0. The van der Waals surface area contributed by atoms with Crippen LogP contribution in [0.2, 0.25) is 0 Å². The van der Waals surface area contributed by atoms with Crippen molar-refractivity contribution in [3.05, 3.63) is 58.2 Å². The average molecular weight is 314 g/mol. The van der Waals surface area contributed by atoms with Crippen LogP contribution in [0.15, 0.2) is 45.6 Å². The van der Waals surface area contributed by atoms with Gasteiger partial charge in [-0.15, -0.1) is 0 Å². The van der Waals surface area contributed by atoms with E-state index in [4.69, 9.17) is 13.9 Å². The van der Waals surface area contributed by atoms with Gasteiger partial charge in [0.05, 0.1) is 19.8 Å². The van der Waals surface area contributed by atoms with Crippen molar-refractivity contribution in [2.45, 2.75) is 6.92 Å². The second-order valence-electron chi connectivity index (χ2n) is 5.10. The maximum Gasteiger partial charge on any atom is 0.344 e. The minimum absolute atomic E-state index is 0.285. The summed E-state index contributed by atoms with van der Waals surface area (Å²) in [6, 6.07) is 9.33. The summed E-state index contributed by atoms with van der Waals surface area (Å²) in [5, 5.41) is 0.784. The lowest BCUT2D eigenvalue weighted by atomic mass is 9.98. The lowest BCUT2D eigenvalue weighted by Gasteiger charge is -2.12. The third kappa shape index (κ3) is 2.54. The molecule has 0 radical (unpaired) electrons. The van der Waals surface area contributed by atoms with Crippen LogP contribution in [0.5, 0.6) is 11.5 Å². The molecular formula is C18H15FO4. The molecule has 1 aromatic heterocycles. The van der Waals surface area contributed by atoms with Crippen LogP contribution >= 0.6 is 0 Å². The second kappa shape index (κ2) is 5.76. The first-order valence-corrected chi connectivity index (χ1v) is 7.00. The highest BCUT2D eigenvalue weighted by molar-refractivity contribution is 5.88. The molecule has 118 valence electrons. The third-order valence-electron chi connectivity index (χ3n) is 3.81. The Morgan fingerprint density at radius 2 is 1.83 bits per heavy atom. The van der Waals surface area contributed by atoms with E-state index in [1.807, 2.05) is 13.0 Å². The zero-order valence-corrected chi connectivity index (χ0v) is 13.0. The maximum absolute atomic E-state index is 13.4. The highest BCUT2D eigenvalue weighted by atomic mass is 19.1. The van der Waals surface area contributed by atoms with Gasteiger partial charge in [0.1, 0.15) is 22.9 Å². The van der Waals surface area contributed by atoms with Crippen molar-refractivity contribution in [3.8, 4) is 22.6 Å². The third-order valence-corrected chi connectivity index (χ3v) is 3.81. The van der Waals surface area contributed by atoms with Crippen LogP contribution < -0.4 is 15.1 Å². The zero-order chi connectivity index (χ0) is 16.6. The molecule has 0 atom stereocenters. The van der Waals surface area contributed by atoms with Crippen molar-refractivity contribution in [3.63, 3.8) is 0 Å². The topological polar surface area (TPSA) is 48.7 Å². The molecule has 5 heteroatoms. The Kier molecular flexibility index (Phi) is 3.78. The van der Waals surface area contributed by atoms with Crippen molar-refractivity contribution >= 4 is 11.0 Å². The summed E-state index contributed by atoms with van der Waals surface area (Å²) in [6.07, 6.45) is 0. The fraction of sp³-hybridized carbons (Fsp3) is 0.167. The van der Waals surface area contributed by atoms with E-state index >= 15 is 0 Å². The average Bonchev–Trinajstić information content (AvgIpc) is 2.55. The lowest BCUT2D eigenvalue weighted by molar-refractivity contribution is 0.412. The first kappa shape index (κ1) is 15.1. The van der Waals surface area contributed by atoms with Gasteiger partial charge in [0.2, 0.25) is 0 Å². The minimum Gasteiger partial charge on any atom is -0.497 e. The fourth-order valence-electron chi connectivity index (χ4n) is 2.65. The first-order valence-electron chi connectivity index (χ1n) is 7.00. The molecule has 0 unspecified atom stereocenters. The molecule has 4 nitrogen and oxygen atoms in total. The number of hydrogen-bond donors (Lipinski definition) is 0. The Hall–Kier alpha value is -2.82. The normalized spacial score (nSPS) is 10.8. The summed E-state index contributed by atoms with van der Waals surface area (Å²) in [7, 11) is 2.98. The standard InChI is InChI=1S/C18H15FO4/c1-10-13-7-5-12(21-2)9-16(13)23-18(20)17(10)14-6-4-11(19)8-15(14)22-3/h4-9H,1-3H3. The molecule has 2 aromatic carbocycles. The van der Waals surface area contributed by atoms with E-state index in [0.29, 0.717) is 22.5 Å². The molecule has 0 bridgehead atoms. The number of methoxy groups -OCH3 is 2. The SMILES string of the molecule is COc1ccc2c(C)c(-c3ccc(F)cc3OC)c(=O)oc2c1. The Morgan fingerprint density at radius 1 is 1.04 bits per heavy atom. The molecule has 0 aliphatic rings. The number of hydrogen-bond acceptors (Lipinski definition) is 4. The maximum atomic E-state index is 13.4. The summed E-state index contributed by atoms with van der Waals surface area (Å²) in [4.78, 5) is 12.5. The molecular weight excluding hydrogens is 299 g/mol. The molecule has 0 spiro atoms. The van der Waals surface area contributed by atoms with E-state index in [0.717, 1.165) is 10.9 Å². The fourth-order valence-corrected chi connectivity index (χ4v) is 2.65. The number of halogens is 1. The van der Waals surface area contributed by atoms with Gasteiger partial charge >= 0.3 is 5.63 Å². The van der Waals surface area contributed by atoms with Crippen LogP contribution in [0.25, 0.3) is 22.1 Å². The van der Waals surface area contributed by atoms with E-state index in [1.54, 1.807) is 19.2 Å². The van der Waals surface area contributed by atoms with Crippen LogP contribution in [0.4, 0.5) is 4.39 Å². The molecule has 0 amide bonds. The molecule has 0 aliphatic heterocycles. The molecule has 0 N–H and O–H groups in total. The largest absolute Gasteiger partial charge is 0.497 e. The quantitative estimate of drug-likeness (QED) is 0.687. The van der Waals surface area contributed by atoms with Crippen molar-refractivity contribution in [2.75, 3.05) is 14.2 Å². The van der Waals surface area contributed by atoms with Gasteiger partial charge in [0, 0.05) is 23.1 Å². The van der Waals surface area contributed by atoms with Crippen molar-refractivity contribution in [1.29, 1.82) is 0 Å². The zero-order valence-electron chi connectivity index (χ0n) is 13.0. The predicted molar refractivity (Wildman–Crippen MR) is 85.7 cm³/mol.